The van der Waals surface area contributed by atoms with E-state index in [0.717, 1.165) is 7.57 Å². The molecule has 68 valence electrons. The summed E-state index contributed by atoms with van der Waals surface area (Å²) in [6, 6.07) is 1.81. The normalized spacial score (nSPS) is 9.15. The van der Waals surface area contributed by atoms with Gasteiger partial charge in [-0.2, -0.15) is 0 Å². The largest absolute Gasteiger partial charge is 0.293 e. The number of carbonyl (C=O) groups is 1. The van der Waals surface area contributed by atoms with Crippen LogP contribution in [-0.2, 0) is 0 Å². The Hall–Kier alpha value is -0.110. The van der Waals surface area contributed by atoms with E-state index in [2.05, 4.69) is 43.7 Å². The van der Waals surface area contributed by atoms with Crippen LogP contribution in [-0.4, -0.2) is 5.78 Å². The Balaban J connectivity index is 2.86. The fraction of sp³-hybridized carbons (Fsp3) is 0.222. The number of Topliss-reactive ketones (excluding diaryl/α,β-unsaturated/α-hetero) is 1. The SMILES string of the molecule is CC#CCC(=O)c1cc(Br)sc1Br. The summed E-state index contributed by atoms with van der Waals surface area (Å²) in [6.07, 6.45) is 0.290. The van der Waals surface area contributed by atoms with Gasteiger partial charge >= 0.3 is 0 Å². The van der Waals surface area contributed by atoms with Gasteiger partial charge in [0.2, 0.25) is 0 Å². The first-order chi connectivity index (χ1) is 6.15. The zero-order chi connectivity index (χ0) is 9.84. The molecule has 1 nitrogen and oxygen atoms in total. The second-order valence-electron chi connectivity index (χ2n) is 2.26. The molecule has 0 unspecified atom stereocenters. The molecule has 4 heteroatoms. The molecule has 13 heavy (non-hydrogen) atoms. The standard InChI is InChI=1S/C9H6Br2OS/c1-2-3-4-7(12)6-5-8(10)13-9(6)11/h5H,4H2,1H3. The average molecular weight is 322 g/mol. The van der Waals surface area contributed by atoms with Gasteiger partial charge < -0.3 is 0 Å². The maximum Gasteiger partial charge on any atom is 0.176 e. The van der Waals surface area contributed by atoms with Gasteiger partial charge in [0.1, 0.15) is 0 Å². The first-order valence-electron chi connectivity index (χ1n) is 3.52. The van der Waals surface area contributed by atoms with E-state index in [1.165, 1.54) is 11.3 Å². The highest BCUT2D eigenvalue weighted by Crippen LogP contribution is 2.32. The van der Waals surface area contributed by atoms with Crippen LogP contribution >= 0.6 is 43.2 Å². The van der Waals surface area contributed by atoms with E-state index in [1.807, 2.05) is 6.07 Å². The Morgan fingerprint density at radius 1 is 1.62 bits per heavy atom. The van der Waals surface area contributed by atoms with Crippen LogP contribution in [0.5, 0.6) is 0 Å². The highest BCUT2D eigenvalue weighted by atomic mass is 79.9. The monoisotopic (exact) mass is 320 g/mol. The number of hydrogen-bond acceptors (Lipinski definition) is 2. The Bertz CT molecular complexity index is 384. The van der Waals surface area contributed by atoms with Crippen molar-refractivity contribution in [3.05, 3.63) is 19.2 Å². The van der Waals surface area contributed by atoms with Crippen LogP contribution in [0.1, 0.15) is 23.7 Å². The number of hydrogen-bond donors (Lipinski definition) is 0. The van der Waals surface area contributed by atoms with Crippen molar-refractivity contribution in [2.75, 3.05) is 0 Å². The lowest BCUT2D eigenvalue weighted by Gasteiger charge is -1.91. The van der Waals surface area contributed by atoms with Gasteiger partial charge in [-0.05, 0) is 44.8 Å². The molecule has 0 saturated heterocycles. The van der Waals surface area contributed by atoms with Crippen LogP contribution in [0.15, 0.2) is 13.6 Å². The van der Waals surface area contributed by atoms with Crippen molar-refractivity contribution in [2.45, 2.75) is 13.3 Å². The fourth-order valence-electron chi connectivity index (χ4n) is 0.794. The van der Waals surface area contributed by atoms with Crippen molar-refractivity contribution in [1.29, 1.82) is 0 Å². The molecule has 0 aliphatic heterocycles. The zero-order valence-electron chi connectivity index (χ0n) is 6.86. The third kappa shape index (κ3) is 2.94. The first-order valence-corrected chi connectivity index (χ1v) is 5.93. The van der Waals surface area contributed by atoms with Gasteiger partial charge in [0.25, 0.3) is 0 Å². The van der Waals surface area contributed by atoms with E-state index < -0.39 is 0 Å². The lowest BCUT2D eigenvalue weighted by atomic mass is 10.2. The zero-order valence-corrected chi connectivity index (χ0v) is 10.8. The molecule has 1 rings (SSSR count). The van der Waals surface area contributed by atoms with Gasteiger partial charge in [-0.15, -0.1) is 17.3 Å². The topological polar surface area (TPSA) is 17.1 Å². The molecule has 0 radical (unpaired) electrons. The Morgan fingerprint density at radius 2 is 2.31 bits per heavy atom. The maximum absolute atomic E-state index is 11.5. The Labute approximate surface area is 97.8 Å². The summed E-state index contributed by atoms with van der Waals surface area (Å²) in [5.74, 6) is 5.51. The van der Waals surface area contributed by atoms with Gasteiger partial charge in [-0.3, -0.25) is 4.79 Å². The molecular weight excluding hydrogens is 316 g/mol. The highest BCUT2D eigenvalue weighted by molar-refractivity contribution is 9.12. The van der Waals surface area contributed by atoms with Crippen LogP contribution in [0.25, 0.3) is 0 Å². The van der Waals surface area contributed by atoms with E-state index in [9.17, 15) is 4.79 Å². The highest BCUT2D eigenvalue weighted by Gasteiger charge is 2.11. The molecule has 0 bridgehead atoms. The maximum atomic E-state index is 11.5. The molecule has 0 fully saturated rings. The Morgan fingerprint density at radius 3 is 2.77 bits per heavy atom. The molecule has 0 aromatic carbocycles. The third-order valence-electron chi connectivity index (χ3n) is 1.38. The summed E-state index contributed by atoms with van der Waals surface area (Å²) >= 11 is 8.14. The predicted molar refractivity (Wildman–Crippen MR) is 62.1 cm³/mol. The molecule has 0 spiro atoms. The smallest absolute Gasteiger partial charge is 0.176 e. The number of carbonyl (C=O) groups excluding carboxylic acids is 1. The van der Waals surface area contributed by atoms with E-state index in [0.29, 0.717) is 5.56 Å². The summed E-state index contributed by atoms with van der Waals surface area (Å²) < 4.78 is 1.81. The summed E-state index contributed by atoms with van der Waals surface area (Å²) in [5.41, 5.74) is 0.708. The van der Waals surface area contributed by atoms with Gasteiger partial charge in [0.05, 0.1) is 14.0 Å². The minimum atomic E-state index is 0.0585. The van der Waals surface area contributed by atoms with Crippen molar-refractivity contribution >= 4 is 49.0 Å². The van der Waals surface area contributed by atoms with Crippen molar-refractivity contribution in [2.24, 2.45) is 0 Å². The summed E-state index contributed by atoms with van der Waals surface area (Å²) in [5, 5.41) is 0. The predicted octanol–water partition coefficient (Wildman–Crippen LogP) is 3.87. The van der Waals surface area contributed by atoms with Crippen molar-refractivity contribution < 1.29 is 4.79 Å². The lowest BCUT2D eigenvalue weighted by Crippen LogP contribution is -1.95. The van der Waals surface area contributed by atoms with Gasteiger partial charge in [-0.25, -0.2) is 0 Å². The second kappa shape index (κ2) is 4.94. The van der Waals surface area contributed by atoms with E-state index in [1.54, 1.807) is 6.92 Å². The molecule has 0 aliphatic carbocycles. The van der Waals surface area contributed by atoms with Crippen LogP contribution in [0, 0.1) is 11.8 Å². The van der Waals surface area contributed by atoms with E-state index >= 15 is 0 Å². The van der Waals surface area contributed by atoms with Crippen LogP contribution in [0.3, 0.4) is 0 Å². The van der Waals surface area contributed by atoms with E-state index in [4.69, 9.17) is 0 Å². The number of thiophene rings is 1. The molecule has 1 aromatic heterocycles. The molecule has 0 N–H and O–H groups in total. The van der Waals surface area contributed by atoms with Crippen molar-refractivity contribution in [1.82, 2.24) is 0 Å². The number of halogens is 2. The molecule has 0 atom stereocenters. The van der Waals surface area contributed by atoms with Gasteiger partial charge in [0.15, 0.2) is 5.78 Å². The lowest BCUT2D eigenvalue weighted by molar-refractivity contribution is 0.0998. The fourth-order valence-corrected chi connectivity index (χ4v) is 3.65. The number of ketones is 1. The Kier molecular flexibility index (Phi) is 4.17. The van der Waals surface area contributed by atoms with E-state index in [-0.39, 0.29) is 12.2 Å². The van der Waals surface area contributed by atoms with Crippen LogP contribution in [0.2, 0.25) is 0 Å². The van der Waals surface area contributed by atoms with Crippen molar-refractivity contribution in [3.63, 3.8) is 0 Å². The summed E-state index contributed by atoms with van der Waals surface area (Å²) in [6.45, 7) is 1.73. The molecule has 0 aliphatic rings. The summed E-state index contributed by atoms with van der Waals surface area (Å²) in [4.78, 5) is 11.5. The quantitative estimate of drug-likeness (QED) is 0.597. The summed E-state index contributed by atoms with van der Waals surface area (Å²) in [7, 11) is 0. The molecular formula is C9H6Br2OS. The molecule has 1 heterocycles. The van der Waals surface area contributed by atoms with Crippen LogP contribution < -0.4 is 0 Å². The van der Waals surface area contributed by atoms with Crippen molar-refractivity contribution in [3.8, 4) is 11.8 Å². The second-order valence-corrected chi connectivity index (χ2v) is 6.01. The first kappa shape index (κ1) is 11.0. The number of rotatable bonds is 2. The average Bonchev–Trinajstić information content (AvgIpc) is 2.41. The molecule has 1 aromatic rings. The minimum Gasteiger partial charge on any atom is -0.293 e. The molecule has 0 amide bonds. The van der Waals surface area contributed by atoms with Crippen LogP contribution in [0.4, 0.5) is 0 Å². The third-order valence-corrected chi connectivity index (χ3v) is 3.72. The molecule has 0 saturated carbocycles. The van der Waals surface area contributed by atoms with Gasteiger partial charge in [0, 0.05) is 5.56 Å². The van der Waals surface area contributed by atoms with Gasteiger partial charge in [-0.1, -0.05) is 5.92 Å². The minimum absolute atomic E-state index is 0.0585.